The third-order valence-corrected chi connectivity index (χ3v) is 8.61. The molecule has 2 N–H and O–H groups in total. The van der Waals surface area contributed by atoms with E-state index < -0.39 is 24.5 Å². The summed E-state index contributed by atoms with van der Waals surface area (Å²) >= 11 is 44.5. The summed E-state index contributed by atoms with van der Waals surface area (Å²) in [6.45, 7) is 0. The Kier molecular flexibility index (Phi) is 8.40. The van der Waals surface area contributed by atoms with Crippen molar-refractivity contribution in [1.29, 1.82) is 0 Å². The summed E-state index contributed by atoms with van der Waals surface area (Å²) in [4.78, 5) is -2.45. The number of fused-ring (bicyclic) bond motifs is 5. The fourth-order valence-electron chi connectivity index (χ4n) is 3.08. The fraction of sp³-hybridized carbons (Fsp3) is 0.600. The van der Waals surface area contributed by atoms with Crippen molar-refractivity contribution in [1.82, 2.24) is 0 Å². The van der Waals surface area contributed by atoms with E-state index in [4.69, 9.17) is 98.7 Å². The van der Waals surface area contributed by atoms with Gasteiger partial charge in [-0.05, 0) is 0 Å². The Morgan fingerprint density at radius 1 is 0.958 bits per heavy atom. The van der Waals surface area contributed by atoms with Crippen LogP contribution in [-0.4, -0.2) is 42.5 Å². The van der Waals surface area contributed by atoms with Crippen LogP contribution in [0.1, 0.15) is 0 Å². The maximum Gasteiger partial charge on any atom is 2.00 e. The maximum absolute atomic E-state index is 8.52. The van der Waals surface area contributed by atoms with E-state index in [1.54, 1.807) is 0 Å². The summed E-state index contributed by atoms with van der Waals surface area (Å²) in [6, 6.07) is 0. The van der Waals surface area contributed by atoms with Crippen molar-refractivity contribution in [2.45, 2.75) is 19.5 Å². The summed E-state index contributed by atoms with van der Waals surface area (Å²) in [5.41, 5.74) is 0. The number of hydrogen-bond donors (Lipinski definition) is 0. The molecule has 5 unspecified atom stereocenters. The number of halogens is 7. The van der Waals surface area contributed by atoms with Gasteiger partial charge in [0.2, 0.25) is 0 Å². The summed E-state index contributed by atoms with van der Waals surface area (Å²) in [7, 11) is -5.17. The van der Waals surface area contributed by atoms with Gasteiger partial charge in [-0.2, -0.15) is 0 Å². The zero-order valence-corrected chi connectivity index (χ0v) is 20.4. The molecule has 0 aliphatic heterocycles. The monoisotopic (exact) mass is 548 g/mol. The first-order valence-corrected chi connectivity index (χ1v) is 9.55. The van der Waals surface area contributed by atoms with E-state index >= 15 is 0 Å². The van der Waals surface area contributed by atoms with Crippen molar-refractivity contribution < 1.29 is 42.5 Å². The Bertz CT molecular complexity index is 675. The Morgan fingerprint density at radius 3 is 1.75 bits per heavy atom. The summed E-state index contributed by atoms with van der Waals surface area (Å²) in [6.07, 6.45) is 3.69. The molecule has 134 valence electrons. The van der Waals surface area contributed by atoms with Gasteiger partial charge in [-0.25, -0.2) is 0 Å². The quantitative estimate of drug-likeness (QED) is 0.151. The molecule has 2 bridgehead atoms. The normalized spacial score (nSPS) is 41.1. The SMILES string of the molecule is ClC1=C(Cl)C2(Cl)C3C(Cl)C=CC3C1(Cl)C2(Cl)Cl.O.O=S(=O)([O-])[O-].[Zn+2]. The zero-order chi connectivity index (χ0) is 17.3. The number of hydrogen-bond acceptors (Lipinski definition) is 4. The van der Waals surface area contributed by atoms with Crippen LogP contribution < -0.4 is 0 Å². The van der Waals surface area contributed by atoms with Gasteiger partial charge in [-0.3, -0.25) is 8.42 Å². The molecule has 1 fully saturated rings. The van der Waals surface area contributed by atoms with Crippen molar-refractivity contribution in [2.24, 2.45) is 11.8 Å². The third-order valence-electron chi connectivity index (χ3n) is 3.90. The van der Waals surface area contributed by atoms with Crippen molar-refractivity contribution in [3.8, 4) is 0 Å². The van der Waals surface area contributed by atoms with Gasteiger partial charge < -0.3 is 14.6 Å². The predicted octanol–water partition coefficient (Wildman–Crippen LogP) is 3.08. The molecule has 24 heavy (non-hydrogen) atoms. The van der Waals surface area contributed by atoms with Crippen LogP contribution in [0.5, 0.6) is 0 Å². The molecule has 3 aliphatic rings. The number of rotatable bonds is 0. The smallest absolute Gasteiger partial charge is 0.759 e. The third kappa shape index (κ3) is 3.40. The fourth-order valence-corrected chi connectivity index (χ4v) is 6.60. The maximum atomic E-state index is 8.52. The van der Waals surface area contributed by atoms with E-state index in [9.17, 15) is 0 Å². The molecule has 14 heteroatoms. The van der Waals surface area contributed by atoms with Crippen LogP contribution in [0.25, 0.3) is 0 Å². The van der Waals surface area contributed by atoms with Crippen LogP contribution in [-0.2, 0) is 29.9 Å². The summed E-state index contributed by atoms with van der Waals surface area (Å²) < 4.78 is 32.6. The van der Waals surface area contributed by atoms with E-state index in [0.29, 0.717) is 0 Å². The molecule has 0 saturated heterocycles. The molecule has 0 aromatic carbocycles. The second-order valence-corrected chi connectivity index (χ2v) is 9.51. The van der Waals surface area contributed by atoms with Crippen LogP contribution in [0.2, 0.25) is 0 Å². The van der Waals surface area contributed by atoms with Gasteiger partial charge >= 0.3 is 19.5 Å². The second kappa shape index (κ2) is 7.77. The van der Waals surface area contributed by atoms with Crippen molar-refractivity contribution in [3.05, 3.63) is 22.2 Å². The van der Waals surface area contributed by atoms with Crippen molar-refractivity contribution in [2.75, 3.05) is 0 Å². The topological polar surface area (TPSA) is 112 Å². The Labute approximate surface area is 186 Å². The van der Waals surface area contributed by atoms with Gasteiger partial charge in [0.1, 0.15) is 9.75 Å². The van der Waals surface area contributed by atoms with Gasteiger partial charge in [0, 0.05) is 22.2 Å². The number of alkyl halides is 5. The molecule has 3 aliphatic carbocycles. The first-order valence-electron chi connectivity index (χ1n) is 5.51. The minimum atomic E-state index is -5.17. The molecule has 5 nitrogen and oxygen atoms in total. The molecule has 0 radical (unpaired) electrons. The van der Waals surface area contributed by atoms with Gasteiger partial charge in [0.25, 0.3) is 0 Å². The minimum Gasteiger partial charge on any atom is -0.759 e. The van der Waals surface area contributed by atoms with E-state index in [-0.39, 0.29) is 52.2 Å². The minimum absolute atomic E-state index is 0. The Hall–Kier alpha value is 1.96. The average molecular weight is 553 g/mol. The van der Waals surface area contributed by atoms with Crippen LogP contribution in [0.3, 0.4) is 0 Å². The molecular formula is C10H7Cl7O5SZn. The molecule has 0 aromatic rings. The Morgan fingerprint density at radius 2 is 1.33 bits per heavy atom. The zero-order valence-electron chi connectivity index (χ0n) is 11.3. The van der Waals surface area contributed by atoms with E-state index in [1.807, 2.05) is 12.2 Å². The van der Waals surface area contributed by atoms with Gasteiger partial charge in [0.05, 0.1) is 15.4 Å². The molecule has 5 atom stereocenters. The molecule has 0 amide bonds. The molecule has 0 aromatic heterocycles. The van der Waals surface area contributed by atoms with Crippen molar-refractivity contribution >= 4 is 91.6 Å². The standard InChI is InChI=1S/C10H5Cl7.H2O4S.H2O.Zn/c11-4-2-1-3-5(4)9(15)7(13)6(12)8(3,14)10(9,16)17;1-5(2,3)4;;/h1-5H;(H2,1,2,3,4);1H2;/q;;;+2/p-2. The number of allylic oxidation sites excluding steroid dienone is 4. The summed E-state index contributed by atoms with van der Waals surface area (Å²) in [5.74, 6) is -0.470. The molecule has 0 spiro atoms. The molecule has 1 saturated carbocycles. The van der Waals surface area contributed by atoms with Gasteiger partial charge in [0.15, 0.2) is 4.33 Å². The second-order valence-electron chi connectivity index (χ2n) is 4.92. The first-order chi connectivity index (χ1) is 9.70. The molecule has 3 rings (SSSR count). The Balaban J connectivity index is 0.000000673. The van der Waals surface area contributed by atoms with E-state index in [0.717, 1.165) is 0 Å². The summed E-state index contributed by atoms with van der Waals surface area (Å²) in [5, 5.41) is 0.113. The first kappa shape index (κ1) is 26.0. The molecular weight excluding hydrogens is 546 g/mol. The van der Waals surface area contributed by atoms with Gasteiger partial charge in [-0.1, -0.05) is 58.6 Å². The van der Waals surface area contributed by atoms with Crippen LogP contribution in [0.15, 0.2) is 22.2 Å². The van der Waals surface area contributed by atoms with Gasteiger partial charge in [-0.15, -0.1) is 34.8 Å². The van der Waals surface area contributed by atoms with Crippen molar-refractivity contribution in [3.63, 3.8) is 0 Å². The predicted molar refractivity (Wildman–Crippen MR) is 90.2 cm³/mol. The van der Waals surface area contributed by atoms with Crippen LogP contribution >= 0.6 is 81.2 Å². The largest absolute Gasteiger partial charge is 2.00 e. The van der Waals surface area contributed by atoms with E-state index in [1.165, 1.54) is 0 Å². The van der Waals surface area contributed by atoms with Crippen LogP contribution in [0.4, 0.5) is 0 Å². The van der Waals surface area contributed by atoms with Crippen LogP contribution in [0, 0.1) is 11.8 Å². The van der Waals surface area contributed by atoms with E-state index in [2.05, 4.69) is 0 Å². The molecule has 0 heterocycles. The average Bonchev–Trinajstić information content (AvgIpc) is 2.82.